The quantitative estimate of drug-likeness (QED) is 0.271. The molecule has 0 saturated carbocycles. The monoisotopic (exact) mass is 645 g/mol. The molecule has 0 amide bonds. The molecule has 4 heterocycles. The van der Waals surface area contributed by atoms with Gasteiger partial charge in [0.1, 0.15) is 0 Å². The van der Waals surface area contributed by atoms with Crippen molar-refractivity contribution in [3.05, 3.63) is 102 Å². The number of aryl methyl sites for hydroxylation is 1. The van der Waals surface area contributed by atoms with E-state index in [0.29, 0.717) is 51.0 Å². The van der Waals surface area contributed by atoms with Crippen LogP contribution in [0.1, 0.15) is 29.7 Å². The van der Waals surface area contributed by atoms with Gasteiger partial charge in [-0.15, -0.1) is 0 Å². The van der Waals surface area contributed by atoms with Crippen LogP contribution in [0.2, 0.25) is 0 Å². The topological polar surface area (TPSA) is 132 Å². The van der Waals surface area contributed by atoms with Gasteiger partial charge in [-0.2, -0.15) is 13.9 Å². The maximum absolute atomic E-state index is 14.3. The first-order valence-corrected chi connectivity index (χ1v) is 17.8. The van der Waals surface area contributed by atoms with Crippen LogP contribution >= 0.6 is 0 Å². The maximum Gasteiger partial charge on any atom is 0.260 e. The Kier molecular flexibility index (Phi) is 8.74. The van der Waals surface area contributed by atoms with E-state index in [0.717, 1.165) is 16.9 Å². The fourth-order valence-electron chi connectivity index (χ4n) is 6.26. The highest BCUT2D eigenvalue weighted by molar-refractivity contribution is 7.89. The summed E-state index contributed by atoms with van der Waals surface area (Å²) in [6.07, 6.45) is 6.50. The van der Waals surface area contributed by atoms with Crippen LogP contribution in [-0.2, 0) is 40.1 Å². The van der Waals surface area contributed by atoms with Crippen molar-refractivity contribution < 1.29 is 16.8 Å². The maximum atomic E-state index is 14.3. The Labute approximate surface area is 264 Å². The third-order valence-corrected chi connectivity index (χ3v) is 12.5. The molecule has 1 fully saturated rings. The van der Waals surface area contributed by atoms with Gasteiger partial charge in [0.2, 0.25) is 10.0 Å². The Morgan fingerprint density at radius 2 is 1.76 bits per heavy atom. The number of nitriles is 1. The highest BCUT2D eigenvalue weighted by atomic mass is 32.2. The van der Waals surface area contributed by atoms with Crippen LogP contribution in [0.25, 0.3) is 0 Å². The van der Waals surface area contributed by atoms with Crippen molar-refractivity contribution in [2.45, 2.75) is 41.8 Å². The summed E-state index contributed by atoms with van der Waals surface area (Å²) in [4.78, 5) is 10.9. The van der Waals surface area contributed by atoms with E-state index in [1.807, 2.05) is 23.7 Å². The number of benzene rings is 2. The third kappa shape index (κ3) is 6.37. The number of aromatic nitrogens is 3. The number of hydrogen-bond donors (Lipinski definition) is 0. The largest absolute Gasteiger partial charge is 0.364 e. The van der Waals surface area contributed by atoms with E-state index < -0.39 is 26.1 Å². The minimum Gasteiger partial charge on any atom is -0.364 e. The lowest BCUT2D eigenvalue weighted by atomic mass is 9.94. The van der Waals surface area contributed by atoms with Crippen molar-refractivity contribution in [2.24, 2.45) is 13.0 Å². The fraction of sp³-hybridized carbons (Fsp3) is 0.344. The molecule has 0 spiro atoms. The minimum atomic E-state index is -4.02. The number of pyridine rings is 1. The molecule has 0 bridgehead atoms. The van der Waals surface area contributed by atoms with E-state index in [-0.39, 0.29) is 22.4 Å². The summed E-state index contributed by atoms with van der Waals surface area (Å²) in [6, 6.07) is 20.6. The van der Waals surface area contributed by atoms with E-state index in [1.54, 1.807) is 65.4 Å². The molecule has 234 valence electrons. The second-order valence-electron chi connectivity index (χ2n) is 11.6. The summed E-state index contributed by atoms with van der Waals surface area (Å²) in [5, 5.41) is 9.61. The Bertz CT molecular complexity index is 1900. The normalized spacial score (nSPS) is 18.1. The number of rotatable bonds is 9. The molecular formula is C32H35N7O4S2. The van der Waals surface area contributed by atoms with Gasteiger partial charge >= 0.3 is 0 Å². The van der Waals surface area contributed by atoms with Crippen molar-refractivity contribution in [1.82, 2.24) is 23.1 Å². The van der Waals surface area contributed by atoms with E-state index in [4.69, 9.17) is 0 Å². The summed E-state index contributed by atoms with van der Waals surface area (Å²) in [5.41, 5.74) is 3.34. The number of imidazole rings is 1. The molecule has 1 atom stereocenters. The lowest BCUT2D eigenvalue weighted by Gasteiger charge is -2.42. The Morgan fingerprint density at radius 3 is 2.42 bits per heavy atom. The predicted octanol–water partition coefficient (Wildman–Crippen LogP) is 3.41. The zero-order valence-corrected chi connectivity index (χ0v) is 26.6. The SMILES string of the molecule is Cn1cncc1CN1CC(N(CC2CCN(S(=O)(=O)c3ccccc3)CC2)S(=O)(=O)c2ccccn2)Cc2cc(C#N)ccc21. The summed E-state index contributed by atoms with van der Waals surface area (Å²) < 4.78 is 60.1. The van der Waals surface area contributed by atoms with Gasteiger partial charge in [0.25, 0.3) is 10.0 Å². The second kappa shape index (κ2) is 12.7. The molecule has 0 radical (unpaired) electrons. The van der Waals surface area contributed by atoms with E-state index >= 15 is 0 Å². The lowest BCUT2D eigenvalue weighted by molar-refractivity contribution is 0.208. The van der Waals surface area contributed by atoms with Gasteiger partial charge in [-0.25, -0.2) is 26.8 Å². The fourth-order valence-corrected chi connectivity index (χ4v) is 9.38. The number of sulfonamides is 2. The number of piperidine rings is 1. The Hall–Kier alpha value is -4.09. The highest BCUT2D eigenvalue weighted by Crippen LogP contribution is 2.34. The van der Waals surface area contributed by atoms with Crippen LogP contribution in [0.5, 0.6) is 0 Å². The van der Waals surface area contributed by atoms with Gasteiger partial charge in [0, 0.05) is 57.3 Å². The first kappa shape index (κ1) is 30.9. The Morgan fingerprint density at radius 1 is 1.00 bits per heavy atom. The summed E-state index contributed by atoms with van der Waals surface area (Å²) >= 11 is 0. The molecule has 0 N–H and O–H groups in total. The van der Waals surface area contributed by atoms with Crippen LogP contribution in [0.15, 0.2) is 95.4 Å². The average molecular weight is 646 g/mol. The molecule has 11 nitrogen and oxygen atoms in total. The van der Waals surface area contributed by atoms with Crippen molar-refractivity contribution in [2.75, 3.05) is 31.1 Å². The molecule has 1 saturated heterocycles. The zero-order valence-electron chi connectivity index (χ0n) is 25.0. The standard InChI is InChI=1S/C32H35N7O4S2/c1-36-24-34-20-29(36)23-37-22-28(18-27-17-26(19-33)10-11-31(27)37)39(45(42,43)32-9-5-6-14-35-32)21-25-12-15-38(16-13-25)44(40,41)30-7-3-2-4-8-30/h2-11,14,17,20,24-25,28H,12-13,15-16,18,21-23H2,1H3. The van der Waals surface area contributed by atoms with Crippen molar-refractivity contribution in [1.29, 1.82) is 5.26 Å². The lowest BCUT2D eigenvalue weighted by Crippen LogP contribution is -2.53. The molecule has 13 heteroatoms. The summed E-state index contributed by atoms with van der Waals surface area (Å²) in [6.45, 7) is 1.79. The van der Waals surface area contributed by atoms with E-state index in [1.165, 1.54) is 16.6 Å². The number of anilines is 1. The molecule has 2 aromatic carbocycles. The molecule has 2 aromatic heterocycles. The molecule has 1 unspecified atom stereocenters. The molecule has 2 aliphatic heterocycles. The number of hydrogen-bond acceptors (Lipinski definition) is 8. The van der Waals surface area contributed by atoms with E-state index in [9.17, 15) is 22.1 Å². The van der Waals surface area contributed by atoms with E-state index in [2.05, 4.69) is 20.9 Å². The van der Waals surface area contributed by atoms with Gasteiger partial charge in [-0.3, -0.25) is 0 Å². The summed E-state index contributed by atoms with van der Waals surface area (Å²) in [7, 11) is -5.72. The molecule has 2 aliphatic rings. The van der Waals surface area contributed by atoms with Crippen LogP contribution in [-0.4, -0.2) is 72.2 Å². The average Bonchev–Trinajstić information content (AvgIpc) is 3.47. The number of fused-ring (bicyclic) bond motifs is 1. The second-order valence-corrected chi connectivity index (χ2v) is 15.4. The van der Waals surface area contributed by atoms with Crippen molar-refractivity contribution >= 4 is 25.7 Å². The first-order chi connectivity index (χ1) is 21.7. The molecule has 45 heavy (non-hydrogen) atoms. The third-order valence-electron chi connectivity index (χ3n) is 8.72. The van der Waals surface area contributed by atoms with Crippen LogP contribution in [0, 0.1) is 17.2 Å². The molecule has 0 aliphatic carbocycles. The van der Waals surface area contributed by atoms with Crippen LogP contribution < -0.4 is 4.90 Å². The van der Waals surface area contributed by atoms with Gasteiger partial charge in [0.05, 0.1) is 35.1 Å². The van der Waals surface area contributed by atoms with Gasteiger partial charge in [0.15, 0.2) is 5.03 Å². The number of nitrogens with zero attached hydrogens (tertiary/aromatic N) is 7. The minimum absolute atomic E-state index is 0.0242. The Balaban J connectivity index is 1.30. The smallest absolute Gasteiger partial charge is 0.260 e. The molecule has 4 aromatic rings. The predicted molar refractivity (Wildman–Crippen MR) is 169 cm³/mol. The zero-order chi connectivity index (χ0) is 31.6. The van der Waals surface area contributed by atoms with Crippen molar-refractivity contribution in [3.63, 3.8) is 0 Å². The van der Waals surface area contributed by atoms with Gasteiger partial charge in [-0.1, -0.05) is 24.3 Å². The van der Waals surface area contributed by atoms with Gasteiger partial charge in [-0.05, 0) is 73.2 Å². The van der Waals surface area contributed by atoms with Crippen molar-refractivity contribution in [3.8, 4) is 6.07 Å². The molecule has 6 rings (SSSR count). The summed E-state index contributed by atoms with van der Waals surface area (Å²) in [5.74, 6) is -0.0527. The van der Waals surface area contributed by atoms with Gasteiger partial charge < -0.3 is 9.47 Å². The van der Waals surface area contributed by atoms with Crippen LogP contribution in [0.4, 0.5) is 5.69 Å². The molecular weight excluding hydrogens is 611 g/mol. The first-order valence-electron chi connectivity index (χ1n) is 14.9. The van der Waals surface area contributed by atoms with Crippen LogP contribution in [0.3, 0.4) is 0 Å². The highest BCUT2D eigenvalue weighted by Gasteiger charge is 2.39.